The van der Waals surface area contributed by atoms with Gasteiger partial charge in [0, 0.05) is 24.2 Å². The highest BCUT2D eigenvalue weighted by molar-refractivity contribution is 5.60. The minimum absolute atomic E-state index is 0.152. The standard InChI is InChI=1S/C23H27N3/c1-16(2)23(20-7-5-4-6-8-20)14-26(15-23)22-19(13-24)12-18-10-9-17(3)11-21(18)25-22/h4-8,12,16-17H,9-11,14-15H2,1-3H3. The second-order valence-electron chi connectivity index (χ2n) is 8.46. The molecule has 1 atom stereocenters. The van der Waals surface area contributed by atoms with Crippen molar-refractivity contribution < 1.29 is 0 Å². The molecule has 3 nitrogen and oxygen atoms in total. The number of pyridine rings is 1. The zero-order valence-corrected chi connectivity index (χ0v) is 16.0. The van der Waals surface area contributed by atoms with Crippen LogP contribution in [0.1, 0.15) is 49.6 Å². The summed E-state index contributed by atoms with van der Waals surface area (Å²) >= 11 is 0. The SMILES string of the molecule is CC1CCc2cc(C#N)c(N3CC(c4ccccc4)(C(C)C)C3)nc2C1. The predicted octanol–water partition coefficient (Wildman–Crippen LogP) is 4.49. The third-order valence-corrected chi connectivity index (χ3v) is 6.44. The largest absolute Gasteiger partial charge is 0.354 e. The van der Waals surface area contributed by atoms with Gasteiger partial charge in [-0.05, 0) is 48.3 Å². The number of anilines is 1. The van der Waals surface area contributed by atoms with Gasteiger partial charge in [0.15, 0.2) is 0 Å². The van der Waals surface area contributed by atoms with Crippen LogP contribution < -0.4 is 4.90 Å². The van der Waals surface area contributed by atoms with Crippen LogP contribution in [-0.2, 0) is 18.3 Å². The lowest BCUT2D eigenvalue weighted by molar-refractivity contribution is 0.238. The number of rotatable bonds is 3. The summed E-state index contributed by atoms with van der Waals surface area (Å²) in [6.07, 6.45) is 3.29. The zero-order valence-electron chi connectivity index (χ0n) is 16.0. The first-order chi connectivity index (χ1) is 12.5. The van der Waals surface area contributed by atoms with Gasteiger partial charge in [0.1, 0.15) is 11.9 Å². The Morgan fingerprint density at radius 2 is 1.96 bits per heavy atom. The van der Waals surface area contributed by atoms with E-state index in [9.17, 15) is 5.26 Å². The summed E-state index contributed by atoms with van der Waals surface area (Å²) in [6.45, 7) is 8.77. The van der Waals surface area contributed by atoms with Crippen molar-refractivity contribution in [3.63, 3.8) is 0 Å². The molecule has 1 saturated heterocycles. The Bertz CT molecular complexity index is 842. The molecule has 0 saturated carbocycles. The maximum Gasteiger partial charge on any atom is 0.146 e. The van der Waals surface area contributed by atoms with E-state index in [1.54, 1.807) is 0 Å². The molecule has 1 fully saturated rings. The fraction of sp³-hybridized carbons (Fsp3) is 0.478. The first-order valence-electron chi connectivity index (χ1n) is 9.77. The normalized spacial score (nSPS) is 21.0. The molecule has 1 aliphatic carbocycles. The number of benzene rings is 1. The number of fused-ring (bicyclic) bond motifs is 1. The molecule has 0 N–H and O–H groups in total. The highest BCUT2D eigenvalue weighted by atomic mass is 15.3. The van der Waals surface area contributed by atoms with Crippen molar-refractivity contribution in [1.82, 2.24) is 4.98 Å². The van der Waals surface area contributed by atoms with Crippen LogP contribution in [0.2, 0.25) is 0 Å². The summed E-state index contributed by atoms with van der Waals surface area (Å²) in [5.74, 6) is 2.13. The Kier molecular flexibility index (Phi) is 4.23. The van der Waals surface area contributed by atoms with Crippen molar-refractivity contribution in [3.8, 4) is 6.07 Å². The summed E-state index contributed by atoms with van der Waals surface area (Å²) in [6, 6.07) is 15.3. The molecule has 2 aromatic rings. The third kappa shape index (κ3) is 2.69. The van der Waals surface area contributed by atoms with Crippen molar-refractivity contribution in [2.45, 2.75) is 45.4 Å². The van der Waals surface area contributed by atoms with Gasteiger partial charge in [-0.15, -0.1) is 0 Å². The van der Waals surface area contributed by atoms with Crippen LogP contribution in [0.25, 0.3) is 0 Å². The van der Waals surface area contributed by atoms with E-state index in [1.807, 2.05) is 0 Å². The Morgan fingerprint density at radius 3 is 2.62 bits per heavy atom. The van der Waals surface area contributed by atoms with Crippen molar-refractivity contribution in [2.75, 3.05) is 18.0 Å². The van der Waals surface area contributed by atoms with Crippen molar-refractivity contribution in [1.29, 1.82) is 5.26 Å². The molecule has 1 aromatic carbocycles. The second-order valence-corrected chi connectivity index (χ2v) is 8.46. The molecule has 1 aliphatic heterocycles. The van der Waals surface area contributed by atoms with Gasteiger partial charge in [0.05, 0.1) is 5.56 Å². The maximum absolute atomic E-state index is 9.68. The first-order valence-corrected chi connectivity index (χ1v) is 9.77. The molecule has 0 radical (unpaired) electrons. The number of nitrogens with zero attached hydrogens (tertiary/aromatic N) is 3. The number of hydrogen-bond donors (Lipinski definition) is 0. The molecular formula is C23H27N3. The monoisotopic (exact) mass is 345 g/mol. The van der Waals surface area contributed by atoms with Gasteiger partial charge in [-0.3, -0.25) is 0 Å². The van der Waals surface area contributed by atoms with E-state index in [0.717, 1.165) is 37.3 Å². The van der Waals surface area contributed by atoms with Gasteiger partial charge in [0.2, 0.25) is 0 Å². The summed E-state index contributed by atoms with van der Waals surface area (Å²) in [4.78, 5) is 7.29. The summed E-state index contributed by atoms with van der Waals surface area (Å²) in [5.41, 5.74) is 4.78. The van der Waals surface area contributed by atoms with Crippen LogP contribution in [0.4, 0.5) is 5.82 Å². The predicted molar refractivity (Wildman–Crippen MR) is 105 cm³/mol. The lowest BCUT2D eigenvalue weighted by Crippen LogP contribution is -2.62. The Hall–Kier alpha value is -2.34. The quantitative estimate of drug-likeness (QED) is 0.823. The Balaban J connectivity index is 1.66. The maximum atomic E-state index is 9.68. The Morgan fingerprint density at radius 1 is 1.23 bits per heavy atom. The molecule has 4 rings (SSSR count). The molecule has 0 amide bonds. The lowest BCUT2D eigenvalue weighted by Gasteiger charge is -2.54. The molecule has 2 heterocycles. The smallest absolute Gasteiger partial charge is 0.146 e. The van der Waals surface area contributed by atoms with E-state index in [1.165, 1.54) is 23.2 Å². The topological polar surface area (TPSA) is 39.9 Å². The highest BCUT2D eigenvalue weighted by Gasteiger charge is 2.47. The molecular weight excluding hydrogens is 318 g/mol. The van der Waals surface area contributed by atoms with Crippen molar-refractivity contribution in [2.24, 2.45) is 11.8 Å². The average molecular weight is 345 g/mol. The van der Waals surface area contributed by atoms with Crippen LogP contribution in [0.5, 0.6) is 0 Å². The van der Waals surface area contributed by atoms with Crippen LogP contribution >= 0.6 is 0 Å². The van der Waals surface area contributed by atoms with E-state index in [2.05, 4.69) is 68.1 Å². The first kappa shape index (κ1) is 17.1. The fourth-order valence-corrected chi connectivity index (χ4v) is 4.57. The summed E-state index contributed by atoms with van der Waals surface area (Å²) in [7, 11) is 0. The Labute approximate surface area is 156 Å². The summed E-state index contributed by atoms with van der Waals surface area (Å²) < 4.78 is 0. The van der Waals surface area contributed by atoms with Crippen molar-refractivity contribution >= 4 is 5.82 Å². The van der Waals surface area contributed by atoms with Crippen LogP contribution in [-0.4, -0.2) is 18.1 Å². The van der Waals surface area contributed by atoms with Gasteiger partial charge >= 0.3 is 0 Å². The van der Waals surface area contributed by atoms with Gasteiger partial charge < -0.3 is 4.90 Å². The van der Waals surface area contributed by atoms with Crippen molar-refractivity contribution in [3.05, 3.63) is 58.8 Å². The third-order valence-electron chi connectivity index (χ3n) is 6.44. The van der Waals surface area contributed by atoms with Crippen LogP contribution in [0, 0.1) is 23.2 Å². The summed E-state index contributed by atoms with van der Waals surface area (Å²) in [5, 5.41) is 9.68. The molecule has 1 unspecified atom stereocenters. The van der Waals surface area contributed by atoms with Gasteiger partial charge in [-0.1, -0.05) is 51.1 Å². The lowest BCUT2D eigenvalue weighted by atomic mass is 9.66. The molecule has 1 aromatic heterocycles. The fourth-order valence-electron chi connectivity index (χ4n) is 4.57. The van der Waals surface area contributed by atoms with E-state index in [-0.39, 0.29) is 5.41 Å². The zero-order chi connectivity index (χ0) is 18.3. The van der Waals surface area contributed by atoms with Crippen LogP contribution in [0.15, 0.2) is 36.4 Å². The molecule has 0 spiro atoms. The van der Waals surface area contributed by atoms with Gasteiger partial charge in [-0.25, -0.2) is 4.98 Å². The van der Waals surface area contributed by atoms with Crippen LogP contribution in [0.3, 0.4) is 0 Å². The second kappa shape index (κ2) is 6.43. The van der Waals surface area contributed by atoms with E-state index in [0.29, 0.717) is 11.8 Å². The van der Waals surface area contributed by atoms with E-state index < -0.39 is 0 Å². The highest BCUT2D eigenvalue weighted by Crippen LogP contribution is 2.43. The minimum Gasteiger partial charge on any atom is -0.354 e. The van der Waals surface area contributed by atoms with E-state index >= 15 is 0 Å². The number of aromatic nitrogens is 1. The number of nitriles is 1. The van der Waals surface area contributed by atoms with E-state index in [4.69, 9.17) is 4.98 Å². The molecule has 3 heteroatoms. The average Bonchev–Trinajstić information content (AvgIpc) is 2.61. The van der Waals surface area contributed by atoms with Gasteiger partial charge in [0.25, 0.3) is 0 Å². The molecule has 26 heavy (non-hydrogen) atoms. The molecule has 0 bridgehead atoms. The minimum atomic E-state index is 0.152. The molecule has 2 aliphatic rings. The molecule has 134 valence electrons. The number of aryl methyl sites for hydroxylation is 1. The number of hydrogen-bond acceptors (Lipinski definition) is 3. The van der Waals surface area contributed by atoms with Gasteiger partial charge in [-0.2, -0.15) is 5.26 Å².